The van der Waals surface area contributed by atoms with E-state index < -0.39 is 0 Å². The molecule has 1 heterocycles. The van der Waals surface area contributed by atoms with E-state index in [1.54, 1.807) is 18.2 Å². The maximum absolute atomic E-state index is 13.3. The predicted octanol–water partition coefficient (Wildman–Crippen LogP) is 5.89. The summed E-state index contributed by atoms with van der Waals surface area (Å²) in [4.78, 5) is 0.543. The lowest BCUT2D eigenvalue weighted by molar-refractivity contribution is 0.325. The number of ether oxygens (including phenoxy) is 1. The summed E-state index contributed by atoms with van der Waals surface area (Å²) in [6, 6.07) is 3.24. The molecule has 3 N–H and O–H groups in total. The number of nitrogen functional groups attached to an aromatic ring is 1. The van der Waals surface area contributed by atoms with Gasteiger partial charge in [0, 0.05) is 5.75 Å². The monoisotopic (exact) mass is 353 g/mol. The van der Waals surface area contributed by atoms with Gasteiger partial charge in [0.15, 0.2) is 5.82 Å². The van der Waals surface area contributed by atoms with Gasteiger partial charge in [0.2, 0.25) is 0 Å². The predicted molar refractivity (Wildman–Crippen MR) is 103 cm³/mol. The molecule has 5 heteroatoms. The minimum atomic E-state index is -0.350. The highest BCUT2D eigenvalue weighted by Gasteiger charge is 2.16. The van der Waals surface area contributed by atoms with Gasteiger partial charge in [-0.15, -0.1) is 18.3 Å². The Bertz CT molecular complexity index is 557. The minimum Gasteiger partial charge on any atom is -0.508 e. The lowest BCUT2D eigenvalue weighted by Gasteiger charge is -2.17. The second-order valence-corrected chi connectivity index (χ2v) is 5.62. The smallest absolute Gasteiger partial charge is 0.163 e. The van der Waals surface area contributed by atoms with Crippen molar-refractivity contribution in [1.82, 2.24) is 0 Å². The molecule has 0 radical (unpaired) electrons. The Morgan fingerprint density at radius 2 is 2.00 bits per heavy atom. The molecular weight excluding hydrogens is 325 g/mol. The number of rotatable bonds is 0. The first-order chi connectivity index (χ1) is 11.6. The van der Waals surface area contributed by atoms with E-state index in [0.29, 0.717) is 23.0 Å². The lowest BCUT2D eigenvalue weighted by atomic mass is 10.2. The van der Waals surface area contributed by atoms with Crippen LogP contribution < -0.4 is 10.5 Å². The second-order valence-electron chi connectivity index (χ2n) is 4.51. The highest BCUT2D eigenvalue weighted by molar-refractivity contribution is 7.99. The summed E-state index contributed by atoms with van der Waals surface area (Å²) < 4.78 is 18.5. The number of aliphatic hydroxyl groups is 1. The number of hydrogen-bond acceptors (Lipinski definition) is 4. The van der Waals surface area contributed by atoms with Gasteiger partial charge in [0.1, 0.15) is 11.5 Å². The summed E-state index contributed by atoms with van der Waals surface area (Å²) in [6.07, 6.45) is 9.32. The number of allylic oxidation sites excluding steroid dienone is 4. The van der Waals surface area contributed by atoms with Crippen LogP contribution in [0.5, 0.6) is 5.75 Å². The molecule has 3 rings (SSSR count). The quantitative estimate of drug-likeness (QED) is 0.451. The van der Waals surface area contributed by atoms with Crippen LogP contribution in [0.3, 0.4) is 0 Å². The number of hydrogen-bond donors (Lipinski definition) is 2. The summed E-state index contributed by atoms with van der Waals surface area (Å²) in [7, 11) is 0. The van der Waals surface area contributed by atoms with E-state index in [4.69, 9.17) is 15.6 Å². The minimum absolute atomic E-state index is 0.187. The standard InChI is InChI=1S/C8H8FNOS.C6H8O.C3H6.C2H6/c9-7-5(10)1-2-6-8(7)12-4-3-11-6;7-6-4-2-1-3-5-6;1-3-2;1-2/h1-2H,3-4,10H2;2,4-5,7H,1,3H2;3H,1H2,2H3;1-2H3. The van der Waals surface area contributed by atoms with Gasteiger partial charge in [-0.2, -0.15) is 0 Å². The van der Waals surface area contributed by atoms with Crippen LogP contribution in [-0.2, 0) is 0 Å². The molecule has 1 aliphatic heterocycles. The summed E-state index contributed by atoms with van der Waals surface area (Å²) in [5.41, 5.74) is 5.59. The van der Waals surface area contributed by atoms with Crippen LogP contribution in [0.15, 0.2) is 53.7 Å². The second kappa shape index (κ2) is 13.5. The molecule has 0 amide bonds. The maximum atomic E-state index is 13.3. The van der Waals surface area contributed by atoms with E-state index in [-0.39, 0.29) is 11.5 Å². The topological polar surface area (TPSA) is 55.5 Å². The van der Waals surface area contributed by atoms with Crippen LogP contribution in [0.25, 0.3) is 0 Å². The van der Waals surface area contributed by atoms with E-state index in [0.717, 1.165) is 18.6 Å². The van der Waals surface area contributed by atoms with Crippen molar-refractivity contribution in [2.24, 2.45) is 0 Å². The molecule has 1 aromatic rings. The van der Waals surface area contributed by atoms with Gasteiger partial charge in [-0.1, -0.05) is 26.0 Å². The third-order valence-electron chi connectivity index (χ3n) is 2.65. The third-order valence-corrected chi connectivity index (χ3v) is 3.69. The molecule has 0 spiro atoms. The number of aliphatic hydroxyl groups excluding tert-OH is 1. The highest BCUT2D eigenvalue weighted by atomic mass is 32.2. The molecule has 0 saturated heterocycles. The van der Waals surface area contributed by atoms with Gasteiger partial charge in [-0.25, -0.2) is 4.39 Å². The summed E-state index contributed by atoms with van der Waals surface area (Å²) in [6.45, 7) is 9.89. The number of thioether (sulfide) groups is 1. The fraction of sp³-hybridized carbons (Fsp3) is 0.368. The normalized spacial score (nSPS) is 13.9. The zero-order valence-corrected chi connectivity index (χ0v) is 15.5. The van der Waals surface area contributed by atoms with Crippen molar-refractivity contribution in [3.8, 4) is 5.75 Å². The Morgan fingerprint density at radius 3 is 2.50 bits per heavy atom. The van der Waals surface area contributed by atoms with Crippen molar-refractivity contribution in [3.63, 3.8) is 0 Å². The van der Waals surface area contributed by atoms with Gasteiger partial charge in [0.05, 0.1) is 17.2 Å². The van der Waals surface area contributed by atoms with E-state index in [1.165, 1.54) is 17.8 Å². The van der Waals surface area contributed by atoms with E-state index in [2.05, 4.69) is 6.58 Å². The average molecular weight is 354 g/mol. The number of anilines is 1. The van der Waals surface area contributed by atoms with Crippen molar-refractivity contribution in [2.45, 2.75) is 38.5 Å². The zero-order valence-electron chi connectivity index (χ0n) is 14.7. The Hall–Kier alpha value is -1.88. The largest absolute Gasteiger partial charge is 0.508 e. The summed E-state index contributed by atoms with van der Waals surface area (Å²) in [5, 5.41) is 8.68. The van der Waals surface area contributed by atoms with Crippen LogP contribution >= 0.6 is 11.8 Å². The zero-order chi connectivity index (χ0) is 18.4. The van der Waals surface area contributed by atoms with Crippen molar-refractivity contribution in [1.29, 1.82) is 0 Å². The van der Waals surface area contributed by atoms with Gasteiger partial charge in [-0.05, 0) is 44.1 Å². The third kappa shape index (κ3) is 8.11. The number of nitrogens with two attached hydrogens (primary N) is 1. The summed E-state index contributed by atoms with van der Waals surface area (Å²) in [5.74, 6) is 1.45. The number of benzene rings is 1. The molecule has 0 aromatic heterocycles. The number of fused-ring (bicyclic) bond motifs is 1. The van der Waals surface area contributed by atoms with Crippen LogP contribution in [-0.4, -0.2) is 17.5 Å². The molecule has 1 aromatic carbocycles. The first-order valence-corrected chi connectivity index (χ1v) is 9.05. The van der Waals surface area contributed by atoms with Gasteiger partial charge >= 0.3 is 0 Å². The molecule has 0 unspecified atom stereocenters. The van der Waals surface area contributed by atoms with Crippen LogP contribution in [0.1, 0.15) is 33.6 Å². The molecule has 3 nitrogen and oxygen atoms in total. The van der Waals surface area contributed by atoms with Crippen LogP contribution in [0.2, 0.25) is 0 Å². The molecule has 0 atom stereocenters. The molecule has 1 aliphatic carbocycles. The molecule has 0 fully saturated rings. The average Bonchev–Trinajstić information content (AvgIpc) is 2.62. The van der Waals surface area contributed by atoms with E-state index >= 15 is 0 Å². The fourth-order valence-corrected chi connectivity index (χ4v) is 2.58. The van der Waals surface area contributed by atoms with Crippen LogP contribution in [0, 0.1) is 5.82 Å². The fourth-order valence-electron chi connectivity index (χ4n) is 1.70. The number of halogens is 1. The van der Waals surface area contributed by atoms with Crippen LogP contribution in [0.4, 0.5) is 10.1 Å². The molecule has 24 heavy (non-hydrogen) atoms. The molecule has 134 valence electrons. The van der Waals surface area contributed by atoms with Crippen molar-refractivity contribution in [3.05, 3.63) is 54.6 Å². The first kappa shape index (κ1) is 22.1. The molecular formula is C19H28FNO2S. The molecule has 2 aliphatic rings. The SMILES string of the molecule is C=CC.CC.Nc1ccc2c(c1F)SCCO2.OC1=CCCC=C1. The van der Waals surface area contributed by atoms with Crippen molar-refractivity contribution >= 4 is 17.4 Å². The summed E-state index contributed by atoms with van der Waals surface area (Å²) >= 11 is 1.45. The van der Waals surface area contributed by atoms with Crippen molar-refractivity contribution in [2.75, 3.05) is 18.1 Å². The Morgan fingerprint density at radius 1 is 1.33 bits per heavy atom. The molecule has 0 saturated carbocycles. The Balaban J connectivity index is 0.000000376. The Labute approximate surface area is 149 Å². The van der Waals surface area contributed by atoms with Gasteiger partial charge in [0.25, 0.3) is 0 Å². The van der Waals surface area contributed by atoms with Crippen molar-refractivity contribution < 1.29 is 14.2 Å². The van der Waals surface area contributed by atoms with E-state index in [9.17, 15) is 4.39 Å². The van der Waals surface area contributed by atoms with Gasteiger partial charge in [-0.3, -0.25) is 0 Å². The Kier molecular flexibility index (Phi) is 12.5. The van der Waals surface area contributed by atoms with E-state index in [1.807, 2.05) is 32.9 Å². The maximum Gasteiger partial charge on any atom is 0.163 e. The van der Waals surface area contributed by atoms with Gasteiger partial charge < -0.3 is 15.6 Å². The molecule has 0 bridgehead atoms. The highest BCUT2D eigenvalue weighted by Crippen LogP contribution is 2.37. The lowest BCUT2D eigenvalue weighted by Crippen LogP contribution is -2.08. The first-order valence-electron chi connectivity index (χ1n) is 8.06.